The average Bonchev–Trinajstić information content (AvgIpc) is 3.41. The minimum absolute atomic E-state index is 0.0120. The number of ether oxygens (including phenoxy) is 1. The Labute approximate surface area is 212 Å². The third-order valence-electron chi connectivity index (χ3n) is 7.21. The number of hydrogen-bond donors (Lipinski definition) is 2. The minimum Gasteiger partial charge on any atom is -0.497 e. The highest BCUT2D eigenvalue weighted by molar-refractivity contribution is 5.94. The van der Waals surface area contributed by atoms with Crippen LogP contribution in [0.3, 0.4) is 0 Å². The summed E-state index contributed by atoms with van der Waals surface area (Å²) in [5.74, 6) is 0.829. The Hall–Kier alpha value is -3.36. The van der Waals surface area contributed by atoms with Gasteiger partial charge in [0.15, 0.2) is 0 Å². The second-order valence-electron chi connectivity index (χ2n) is 9.73. The average molecular weight is 490 g/mol. The van der Waals surface area contributed by atoms with Crippen LogP contribution in [0.25, 0.3) is 5.69 Å². The van der Waals surface area contributed by atoms with Gasteiger partial charge in [0.1, 0.15) is 5.75 Å². The Morgan fingerprint density at radius 3 is 2.64 bits per heavy atom. The second-order valence-corrected chi connectivity index (χ2v) is 9.73. The summed E-state index contributed by atoms with van der Waals surface area (Å²) in [5.41, 5.74) is 3.99. The van der Waals surface area contributed by atoms with Crippen molar-refractivity contribution in [2.24, 2.45) is 0 Å². The maximum Gasteiger partial charge on any atom is 0.253 e. The number of aromatic nitrogens is 2. The number of aliphatic hydroxyl groups excluding tert-OH is 1. The molecular formula is C28H35N5O3. The van der Waals surface area contributed by atoms with Gasteiger partial charge in [-0.15, -0.1) is 0 Å². The van der Waals surface area contributed by atoms with Gasteiger partial charge in [0.2, 0.25) is 0 Å². The largest absolute Gasteiger partial charge is 0.497 e. The first kappa shape index (κ1) is 24.3. The normalized spacial score (nSPS) is 18.9. The molecule has 36 heavy (non-hydrogen) atoms. The predicted octanol–water partition coefficient (Wildman–Crippen LogP) is 3.24. The fourth-order valence-electron chi connectivity index (χ4n) is 5.09. The maximum absolute atomic E-state index is 12.8. The smallest absolute Gasteiger partial charge is 0.253 e. The number of rotatable bonds is 7. The topological polar surface area (TPSA) is 82.9 Å². The van der Waals surface area contributed by atoms with Crippen LogP contribution in [-0.4, -0.2) is 71.1 Å². The van der Waals surface area contributed by atoms with Crippen LogP contribution < -0.4 is 15.0 Å². The fraction of sp³-hybridized carbons (Fsp3) is 0.429. The van der Waals surface area contributed by atoms with Crippen LogP contribution in [0.2, 0.25) is 0 Å². The van der Waals surface area contributed by atoms with Crippen molar-refractivity contribution in [1.29, 1.82) is 0 Å². The van der Waals surface area contributed by atoms with E-state index < -0.39 is 6.10 Å². The lowest BCUT2D eigenvalue weighted by Gasteiger charge is -2.34. The van der Waals surface area contributed by atoms with Gasteiger partial charge in [-0.05, 0) is 62.1 Å². The zero-order chi connectivity index (χ0) is 24.9. The summed E-state index contributed by atoms with van der Waals surface area (Å²) in [6, 6.07) is 16.3. The van der Waals surface area contributed by atoms with Crippen LogP contribution in [0.1, 0.15) is 41.6 Å². The van der Waals surface area contributed by atoms with Crippen LogP contribution >= 0.6 is 0 Å². The number of piperidine rings is 2. The number of anilines is 1. The first-order valence-electron chi connectivity index (χ1n) is 12.8. The lowest BCUT2D eigenvalue weighted by atomic mass is 10.0. The number of methoxy groups -OCH3 is 1. The number of aliphatic hydroxyl groups is 1. The molecule has 1 atom stereocenters. The standard InChI is InChI=1S/C28H35N5O3/c1-36-27-6-2-4-25(16-27)33-19-21(18-30-33)17-29-23-11-14-31(15-12-23)24-9-7-22(8-10-24)28(35)32-13-3-5-26(34)20-32/h2,4,6-10,16,18-19,23,26,29,34H,3,5,11-15,17,20H2,1H3/t26-/m1/s1. The number of amides is 1. The lowest BCUT2D eigenvalue weighted by molar-refractivity contribution is 0.0474. The Kier molecular flexibility index (Phi) is 7.53. The predicted molar refractivity (Wildman–Crippen MR) is 140 cm³/mol. The molecule has 5 rings (SSSR count). The van der Waals surface area contributed by atoms with E-state index in [2.05, 4.69) is 21.5 Å². The summed E-state index contributed by atoms with van der Waals surface area (Å²) in [4.78, 5) is 16.9. The highest BCUT2D eigenvalue weighted by atomic mass is 16.5. The summed E-state index contributed by atoms with van der Waals surface area (Å²) in [7, 11) is 1.67. The Bertz CT molecular complexity index is 1150. The number of carbonyl (C=O) groups excluding carboxylic acids is 1. The van der Waals surface area contributed by atoms with E-state index >= 15 is 0 Å². The number of nitrogens with one attached hydrogen (secondary N) is 1. The molecule has 0 radical (unpaired) electrons. The summed E-state index contributed by atoms with van der Waals surface area (Å²) < 4.78 is 7.19. The summed E-state index contributed by atoms with van der Waals surface area (Å²) in [6.07, 6.45) is 7.34. The molecule has 2 saturated heterocycles. The van der Waals surface area contributed by atoms with E-state index in [0.29, 0.717) is 18.2 Å². The van der Waals surface area contributed by atoms with Crippen molar-refractivity contribution in [3.05, 3.63) is 72.1 Å². The molecule has 2 fully saturated rings. The van der Waals surface area contributed by atoms with Gasteiger partial charge in [0.25, 0.3) is 5.91 Å². The second kappa shape index (κ2) is 11.1. The molecule has 0 aliphatic carbocycles. The third-order valence-corrected chi connectivity index (χ3v) is 7.21. The van der Waals surface area contributed by atoms with Crippen molar-refractivity contribution in [1.82, 2.24) is 20.0 Å². The van der Waals surface area contributed by atoms with Crippen LogP contribution in [0.5, 0.6) is 5.75 Å². The van der Waals surface area contributed by atoms with Crippen molar-refractivity contribution < 1.29 is 14.6 Å². The number of β-amino-alcohol motifs (C(OH)–C–C–N with tert-alkyl or cyclic N) is 1. The van der Waals surface area contributed by atoms with E-state index in [4.69, 9.17) is 4.74 Å². The molecule has 0 saturated carbocycles. The number of hydrogen-bond acceptors (Lipinski definition) is 6. The summed E-state index contributed by atoms with van der Waals surface area (Å²) >= 11 is 0. The molecule has 2 aliphatic heterocycles. The van der Waals surface area contributed by atoms with Crippen LogP contribution in [0, 0.1) is 0 Å². The van der Waals surface area contributed by atoms with E-state index in [1.165, 1.54) is 0 Å². The van der Waals surface area contributed by atoms with Crippen molar-refractivity contribution in [2.75, 3.05) is 38.2 Å². The van der Waals surface area contributed by atoms with Gasteiger partial charge < -0.3 is 25.0 Å². The van der Waals surface area contributed by atoms with E-state index in [1.54, 1.807) is 12.0 Å². The molecule has 1 aromatic heterocycles. The van der Waals surface area contributed by atoms with E-state index in [-0.39, 0.29) is 5.91 Å². The van der Waals surface area contributed by atoms with Crippen molar-refractivity contribution in [3.8, 4) is 11.4 Å². The van der Waals surface area contributed by atoms with Gasteiger partial charge in [-0.1, -0.05) is 6.07 Å². The molecule has 190 valence electrons. The van der Waals surface area contributed by atoms with Gasteiger partial charge >= 0.3 is 0 Å². The minimum atomic E-state index is -0.402. The van der Waals surface area contributed by atoms with Crippen LogP contribution in [-0.2, 0) is 6.54 Å². The van der Waals surface area contributed by atoms with Gasteiger partial charge in [-0.3, -0.25) is 4.79 Å². The van der Waals surface area contributed by atoms with Gasteiger partial charge in [0.05, 0.1) is 25.1 Å². The Balaban J connectivity index is 1.09. The summed E-state index contributed by atoms with van der Waals surface area (Å²) in [5, 5.41) is 18.1. The van der Waals surface area contributed by atoms with E-state index in [1.807, 2.05) is 59.4 Å². The van der Waals surface area contributed by atoms with Gasteiger partial charge in [-0.2, -0.15) is 5.10 Å². The Morgan fingerprint density at radius 1 is 1.08 bits per heavy atom. The number of benzene rings is 2. The highest BCUT2D eigenvalue weighted by Crippen LogP contribution is 2.22. The van der Waals surface area contributed by atoms with Crippen molar-refractivity contribution in [2.45, 2.75) is 44.4 Å². The molecule has 0 bridgehead atoms. The molecule has 2 aromatic carbocycles. The number of nitrogens with zero attached hydrogens (tertiary/aromatic N) is 4. The zero-order valence-electron chi connectivity index (χ0n) is 20.8. The Morgan fingerprint density at radius 2 is 1.89 bits per heavy atom. The quantitative estimate of drug-likeness (QED) is 0.530. The van der Waals surface area contributed by atoms with Crippen molar-refractivity contribution in [3.63, 3.8) is 0 Å². The summed E-state index contributed by atoms with van der Waals surface area (Å²) in [6.45, 7) is 3.90. The fourth-order valence-corrected chi connectivity index (χ4v) is 5.09. The molecule has 3 aromatic rings. The number of carbonyl (C=O) groups is 1. The first-order valence-corrected chi connectivity index (χ1v) is 12.8. The zero-order valence-corrected chi connectivity index (χ0v) is 20.8. The van der Waals surface area contributed by atoms with Gasteiger partial charge in [-0.25, -0.2) is 4.68 Å². The molecule has 0 unspecified atom stereocenters. The molecule has 3 heterocycles. The van der Waals surface area contributed by atoms with Crippen LogP contribution in [0.15, 0.2) is 60.9 Å². The van der Waals surface area contributed by atoms with E-state index in [0.717, 1.165) is 74.6 Å². The van der Waals surface area contributed by atoms with Crippen molar-refractivity contribution >= 4 is 11.6 Å². The molecule has 8 heteroatoms. The molecule has 2 N–H and O–H groups in total. The first-order chi connectivity index (χ1) is 17.6. The molecular weight excluding hydrogens is 454 g/mol. The van der Waals surface area contributed by atoms with Crippen LogP contribution in [0.4, 0.5) is 5.69 Å². The van der Waals surface area contributed by atoms with Gasteiger partial charge in [0, 0.05) is 67.8 Å². The monoisotopic (exact) mass is 489 g/mol. The highest BCUT2D eigenvalue weighted by Gasteiger charge is 2.24. The number of likely N-dealkylation sites (tertiary alicyclic amines) is 1. The lowest BCUT2D eigenvalue weighted by Crippen LogP contribution is -2.42. The molecule has 0 spiro atoms. The molecule has 1 amide bonds. The molecule has 2 aliphatic rings. The third kappa shape index (κ3) is 5.71. The molecule has 8 nitrogen and oxygen atoms in total. The maximum atomic E-state index is 12.8. The SMILES string of the molecule is COc1cccc(-n2cc(CNC3CCN(c4ccc(C(=O)N5CCC[C@@H](O)C5)cc4)CC3)cn2)c1. The van der Waals surface area contributed by atoms with E-state index in [9.17, 15) is 9.90 Å².